The monoisotopic (exact) mass is 609 g/mol. The maximum absolute atomic E-state index is 13.9. The van der Waals surface area contributed by atoms with Crippen LogP contribution >= 0.6 is 46.3 Å². The Morgan fingerprint density at radius 2 is 1.50 bits per heavy atom. The topological polar surface area (TPSA) is 88.5 Å². The lowest BCUT2D eigenvalue weighted by atomic mass is 9.83. The molecule has 2 aliphatic heterocycles. The van der Waals surface area contributed by atoms with Crippen LogP contribution in [0.2, 0.25) is 10.0 Å². The average Bonchev–Trinajstić information content (AvgIpc) is 3.37. The molecule has 3 atom stereocenters. The molecule has 2 aliphatic rings. The molecule has 0 aliphatic carbocycles. The molecule has 0 bridgehead atoms. The summed E-state index contributed by atoms with van der Waals surface area (Å²) in [4.78, 5) is 55.4. The van der Waals surface area contributed by atoms with E-state index in [1.807, 2.05) is 31.2 Å². The highest BCUT2D eigenvalue weighted by molar-refractivity contribution is 8.00. The van der Waals surface area contributed by atoms with E-state index in [1.54, 1.807) is 48.5 Å². The highest BCUT2D eigenvalue weighted by atomic mass is 35.5. The molecule has 0 unspecified atom stereocenters. The van der Waals surface area contributed by atoms with Gasteiger partial charge in [-0.25, -0.2) is 4.90 Å². The summed E-state index contributed by atoms with van der Waals surface area (Å²) < 4.78 is 1.40. The molecular formula is C29H21Cl2N3O4S2. The van der Waals surface area contributed by atoms with Crippen molar-refractivity contribution in [2.75, 3.05) is 10.2 Å². The van der Waals surface area contributed by atoms with Gasteiger partial charge in [0.1, 0.15) is 11.8 Å². The van der Waals surface area contributed by atoms with E-state index in [0.29, 0.717) is 31.3 Å². The van der Waals surface area contributed by atoms with Gasteiger partial charge in [0, 0.05) is 26.5 Å². The summed E-state index contributed by atoms with van der Waals surface area (Å²) in [5.41, 5.74) is 2.87. The zero-order valence-electron chi connectivity index (χ0n) is 21.0. The number of thioether (sulfide) groups is 1. The third-order valence-corrected chi connectivity index (χ3v) is 10.1. The third kappa shape index (κ3) is 4.77. The molecule has 1 aromatic heterocycles. The Morgan fingerprint density at radius 1 is 0.875 bits per heavy atom. The van der Waals surface area contributed by atoms with Crippen molar-refractivity contribution in [1.82, 2.24) is 4.57 Å². The fourth-order valence-electron chi connectivity index (χ4n) is 5.11. The van der Waals surface area contributed by atoms with Crippen molar-refractivity contribution in [3.05, 3.63) is 109 Å². The zero-order valence-corrected chi connectivity index (χ0v) is 24.1. The van der Waals surface area contributed by atoms with Crippen molar-refractivity contribution < 1.29 is 14.4 Å². The number of anilines is 2. The maximum Gasteiger partial charge on any atom is 0.308 e. The van der Waals surface area contributed by atoms with Gasteiger partial charge in [-0.1, -0.05) is 76.1 Å². The van der Waals surface area contributed by atoms with Gasteiger partial charge in [-0.3, -0.25) is 23.7 Å². The smallest absolute Gasteiger partial charge is 0.308 e. The van der Waals surface area contributed by atoms with Crippen LogP contribution in [0.3, 0.4) is 0 Å². The number of aromatic nitrogens is 1. The number of rotatable bonds is 5. The average molecular weight is 611 g/mol. The van der Waals surface area contributed by atoms with Gasteiger partial charge in [-0.15, -0.1) is 0 Å². The number of nitrogens with one attached hydrogen (secondary N) is 1. The first kappa shape index (κ1) is 26.8. The number of carbonyl (C=O) groups excluding carboxylic acids is 3. The molecule has 3 aromatic carbocycles. The van der Waals surface area contributed by atoms with Crippen LogP contribution in [0.1, 0.15) is 21.9 Å². The van der Waals surface area contributed by atoms with E-state index in [-0.39, 0.29) is 29.1 Å². The largest absolute Gasteiger partial charge is 0.325 e. The quantitative estimate of drug-likeness (QED) is 0.282. The van der Waals surface area contributed by atoms with E-state index in [2.05, 4.69) is 5.32 Å². The van der Waals surface area contributed by atoms with Crippen molar-refractivity contribution in [2.45, 2.75) is 29.7 Å². The first-order valence-corrected chi connectivity index (χ1v) is 14.8. The van der Waals surface area contributed by atoms with E-state index in [1.165, 1.54) is 21.2 Å². The van der Waals surface area contributed by atoms with Crippen LogP contribution in [0, 0.1) is 12.8 Å². The van der Waals surface area contributed by atoms with Crippen LogP contribution in [0.4, 0.5) is 11.4 Å². The predicted molar refractivity (Wildman–Crippen MR) is 159 cm³/mol. The maximum atomic E-state index is 13.9. The Kier molecular flexibility index (Phi) is 7.08. The van der Waals surface area contributed by atoms with Crippen LogP contribution in [0.5, 0.6) is 0 Å². The summed E-state index contributed by atoms with van der Waals surface area (Å²) in [7, 11) is 0. The van der Waals surface area contributed by atoms with Gasteiger partial charge >= 0.3 is 4.87 Å². The van der Waals surface area contributed by atoms with Gasteiger partial charge in [0.2, 0.25) is 17.7 Å². The number of halogens is 2. The van der Waals surface area contributed by atoms with E-state index in [0.717, 1.165) is 22.5 Å². The summed E-state index contributed by atoms with van der Waals surface area (Å²) in [6.45, 7) is 1.73. The highest BCUT2D eigenvalue weighted by Crippen LogP contribution is 2.54. The first-order chi connectivity index (χ1) is 19.2. The Bertz CT molecular complexity index is 1700. The normalized spacial score (nSPS) is 19.9. The van der Waals surface area contributed by atoms with Crippen LogP contribution in [-0.4, -0.2) is 27.5 Å². The summed E-state index contributed by atoms with van der Waals surface area (Å²) >= 11 is 14.4. The SMILES string of the molecule is Cc1ccc(NC(=O)Cn2c3c(sc2=O)[C@@H](c2ccc(Cl)cc2)[C@@H]2C(=O)N(c4ccc(Cl)cc4)C(=O)[C@@H]2S3)cc1. The predicted octanol–water partition coefficient (Wildman–Crippen LogP) is 5.96. The van der Waals surface area contributed by atoms with Gasteiger partial charge < -0.3 is 5.32 Å². The van der Waals surface area contributed by atoms with Crippen LogP contribution in [0.25, 0.3) is 0 Å². The van der Waals surface area contributed by atoms with Gasteiger partial charge in [0.25, 0.3) is 0 Å². The summed E-state index contributed by atoms with van der Waals surface area (Å²) in [5.74, 6) is -2.39. The minimum absolute atomic E-state index is 0.223. The molecule has 1 N–H and O–H groups in total. The van der Waals surface area contributed by atoms with Crippen molar-refractivity contribution in [2.24, 2.45) is 5.92 Å². The third-order valence-electron chi connectivity index (χ3n) is 7.00. The minimum Gasteiger partial charge on any atom is -0.325 e. The van der Waals surface area contributed by atoms with Gasteiger partial charge in [0.15, 0.2) is 0 Å². The van der Waals surface area contributed by atoms with Crippen LogP contribution in [-0.2, 0) is 20.9 Å². The van der Waals surface area contributed by atoms with E-state index in [9.17, 15) is 19.2 Å². The molecule has 7 nitrogen and oxygen atoms in total. The Balaban J connectivity index is 1.40. The fraction of sp³-hybridized carbons (Fsp3) is 0.172. The number of imide groups is 1. The highest BCUT2D eigenvalue weighted by Gasteiger charge is 2.56. The number of fused-ring (bicyclic) bond motifs is 2. The standard InChI is InChI=1S/C29H21Cl2N3O4S2/c1-15-2-10-19(11-3-15)32-21(35)14-33-28-25(40-29(33)38)22(16-4-6-17(30)7-5-16)23-24(39-28)27(37)34(26(23)36)20-12-8-18(31)9-13-20/h2-13,22-24H,14H2,1H3,(H,32,35)/t22-,23-,24+/m0/s1. The van der Waals surface area contributed by atoms with Crippen molar-refractivity contribution >= 4 is 75.4 Å². The molecule has 0 spiro atoms. The van der Waals surface area contributed by atoms with Crippen LogP contribution in [0.15, 0.2) is 82.6 Å². The van der Waals surface area contributed by atoms with Crippen molar-refractivity contribution in [1.29, 1.82) is 0 Å². The molecule has 4 aromatic rings. The second-order valence-electron chi connectivity index (χ2n) is 9.62. The zero-order chi connectivity index (χ0) is 28.1. The lowest BCUT2D eigenvalue weighted by molar-refractivity contribution is -0.122. The number of aryl methyl sites for hydroxylation is 1. The molecule has 3 heterocycles. The minimum atomic E-state index is -0.781. The van der Waals surface area contributed by atoms with Crippen molar-refractivity contribution in [3.8, 4) is 0 Å². The Morgan fingerprint density at radius 3 is 2.15 bits per heavy atom. The lowest BCUT2D eigenvalue weighted by Crippen LogP contribution is -2.33. The number of thiazole rings is 1. The molecule has 202 valence electrons. The number of nitrogens with zero attached hydrogens (tertiary/aromatic N) is 2. The molecule has 3 amide bonds. The number of carbonyl (C=O) groups is 3. The lowest BCUT2D eigenvalue weighted by Gasteiger charge is -2.30. The second kappa shape index (κ2) is 10.6. The van der Waals surface area contributed by atoms with Gasteiger partial charge in [0.05, 0.1) is 16.6 Å². The molecular weight excluding hydrogens is 589 g/mol. The molecule has 1 fully saturated rings. The van der Waals surface area contributed by atoms with E-state index < -0.39 is 17.1 Å². The fourth-order valence-corrected chi connectivity index (χ4v) is 8.14. The number of hydrogen-bond acceptors (Lipinski definition) is 6. The number of benzene rings is 3. The molecule has 0 saturated carbocycles. The van der Waals surface area contributed by atoms with Gasteiger partial charge in [-0.05, 0) is 61.0 Å². The van der Waals surface area contributed by atoms with Gasteiger partial charge in [-0.2, -0.15) is 0 Å². The molecule has 1 saturated heterocycles. The summed E-state index contributed by atoms with van der Waals surface area (Å²) in [5, 5.41) is 3.59. The molecule has 11 heteroatoms. The number of amides is 3. The second-order valence-corrected chi connectivity index (χ2v) is 12.6. The molecule has 0 radical (unpaired) electrons. The number of hydrogen-bond donors (Lipinski definition) is 1. The summed E-state index contributed by atoms with van der Waals surface area (Å²) in [6, 6.07) is 21.0. The first-order valence-electron chi connectivity index (χ1n) is 12.4. The summed E-state index contributed by atoms with van der Waals surface area (Å²) in [6.07, 6.45) is 0. The van der Waals surface area contributed by atoms with E-state index >= 15 is 0 Å². The van der Waals surface area contributed by atoms with Crippen molar-refractivity contribution in [3.63, 3.8) is 0 Å². The molecule has 40 heavy (non-hydrogen) atoms. The van der Waals surface area contributed by atoms with Crippen LogP contribution < -0.4 is 15.1 Å². The Labute approximate surface area is 247 Å². The Hall–Kier alpha value is -3.37. The van der Waals surface area contributed by atoms with E-state index in [4.69, 9.17) is 23.2 Å². The molecule has 6 rings (SSSR count).